The van der Waals surface area contributed by atoms with Crippen molar-refractivity contribution in [2.75, 3.05) is 5.73 Å². The van der Waals surface area contributed by atoms with Gasteiger partial charge in [0, 0.05) is 12.3 Å². The standard InChI is InChI=1S/C18H32N2OSi/c1-13-9-14(16-7-8-20-12-17(16)19)11-15(10-13)21-22(5,6)18(2,3)4/h7-8,12-15H,9-11,19H2,1-6H3/t13-,14-,15-/m0/s1. The van der Waals surface area contributed by atoms with Crippen LogP contribution in [0, 0.1) is 5.92 Å². The first-order valence-electron chi connectivity index (χ1n) is 8.47. The molecule has 0 saturated heterocycles. The predicted molar refractivity (Wildman–Crippen MR) is 96.5 cm³/mol. The highest BCUT2D eigenvalue weighted by Crippen LogP contribution is 2.43. The first kappa shape index (κ1) is 17.5. The Hall–Kier alpha value is -0.873. The third kappa shape index (κ3) is 3.90. The van der Waals surface area contributed by atoms with E-state index in [2.05, 4.69) is 51.8 Å². The van der Waals surface area contributed by atoms with Gasteiger partial charge in [0.05, 0.1) is 11.9 Å². The summed E-state index contributed by atoms with van der Waals surface area (Å²) < 4.78 is 6.69. The van der Waals surface area contributed by atoms with Crippen LogP contribution in [0.4, 0.5) is 5.69 Å². The van der Waals surface area contributed by atoms with E-state index >= 15 is 0 Å². The van der Waals surface area contributed by atoms with Crippen molar-refractivity contribution in [3.8, 4) is 0 Å². The first-order chi connectivity index (χ1) is 10.1. The molecule has 124 valence electrons. The van der Waals surface area contributed by atoms with Crippen molar-refractivity contribution >= 4 is 14.0 Å². The fourth-order valence-electron chi connectivity index (χ4n) is 3.27. The number of nitrogens with two attached hydrogens (primary N) is 1. The lowest BCUT2D eigenvalue weighted by molar-refractivity contribution is 0.103. The molecule has 1 fully saturated rings. The van der Waals surface area contributed by atoms with E-state index in [1.165, 1.54) is 18.4 Å². The van der Waals surface area contributed by atoms with Crippen molar-refractivity contribution in [1.29, 1.82) is 0 Å². The van der Waals surface area contributed by atoms with Crippen LogP contribution in [0.5, 0.6) is 0 Å². The average Bonchev–Trinajstić information content (AvgIpc) is 2.36. The summed E-state index contributed by atoms with van der Waals surface area (Å²) in [4.78, 5) is 4.12. The molecular weight excluding hydrogens is 288 g/mol. The summed E-state index contributed by atoms with van der Waals surface area (Å²) in [7, 11) is -1.71. The summed E-state index contributed by atoms with van der Waals surface area (Å²) in [5.74, 6) is 1.18. The Morgan fingerprint density at radius 1 is 1.23 bits per heavy atom. The fraction of sp³-hybridized carbons (Fsp3) is 0.722. The zero-order valence-electron chi connectivity index (χ0n) is 15.0. The Balaban J connectivity index is 2.14. The largest absolute Gasteiger partial charge is 0.414 e. The molecule has 0 bridgehead atoms. The number of aromatic nitrogens is 1. The van der Waals surface area contributed by atoms with Gasteiger partial charge in [-0.05, 0) is 60.9 Å². The van der Waals surface area contributed by atoms with Crippen LogP contribution in [0.1, 0.15) is 58.4 Å². The van der Waals surface area contributed by atoms with Gasteiger partial charge in [0.15, 0.2) is 8.32 Å². The molecule has 1 aromatic heterocycles. The van der Waals surface area contributed by atoms with Gasteiger partial charge in [0.1, 0.15) is 0 Å². The van der Waals surface area contributed by atoms with E-state index in [-0.39, 0.29) is 5.04 Å². The maximum Gasteiger partial charge on any atom is 0.192 e. The lowest BCUT2D eigenvalue weighted by atomic mass is 9.77. The molecule has 0 amide bonds. The second-order valence-electron chi connectivity index (χ2n) is 8.51. The molecule has 0 unspecified atom stereocenters. The SMILES string of the molecule is C[C@@H]1C[C@H](O[Si](C)(C)C(C)(C)C)C[C@@H](c2ccncc2N)C1. The molecule has 3 nitrogen and oxygen atoms in total. The zero-order valence-corrected chi connectivity index (χ0v) is 16.0. The average molecular weight is 321 g/mol. The Morgan fingerprint density at radius 2 is 1.91 bits per heavy atom. The summed E-state index contributed by atoms with van der Waals surface area (Å²) in [6.45, 7) is 14.0. The van der Waals surface area contributed by atoms with Gasteiger partial charge in [0.25, 0.3) is 0 Å². The lowest BCUT2D eigenvalue weighted by Gasteiger charge is -2.43. The van der Waals surface area contributed by atoms with Crippen LogP contribution in [0.25, 0.3) is 0 Å². The third-order valence-electron chi connectivity index (χ3n) is 5.49. The van der Waals surface area contributed by atoms with Crippen LogP contribution in [0.15, 0.2) is 18.5 Å². The highest BCUT2D eigenvalue weighted by atomic mass is 28.4. The molecule has 4 heteroatoms. The molecule has 2 rings (SSSR count). The smallest absolute Gasteiger partial charge is 0.192 e. The number of anilines is 1. The zero-order chi connectivity index (χ0) is 16.5. The Kier molecular flexibility index (Phi) is 5.02. The molecule has 2 N–H and O–H groups in total. The van der Waals surface area contributed by atoms with Gasteiger partial charge in [-0.1, -0.05) is 27.7 Å². The molecule has 0 spiro atoms. The van der Waals surface area contributed by atoms with E-state index in [1.54, 1.807) is 6.20 Å². The summed E-state index contributed by atoms with van der Waals surface area (Å²) in [6, 6.07) is 2.08. The van der Waals surface area contributed by atoms with Crippen molar-refractivity contribution in [1.82, 2.24) is 4.98 Å². The minimum absolute atomic E-state index is 0.263. The van der Waals surface area contributed by atoms with E-state index in [1.807, 2.05) is 6.20 Å². The summed E-state index contributed by atoms with van der Waals surface area (Å²) in [5.41, 5.74) is 8.23. The molecule has 1 aromatic rings. The second-order valence-corrected chi connectivity index (χ2v) is 13.3. The van der Waals surface area contributed by atoms with Crippen molar-refractivity contribution in [3.63, 3.8) is 0 Å². The van der Waals surface area contributed by atoms with Crippen molar-refractivity contribution in [3.05, 3.63) is 24.0 Å². The van der Waals surface area contributed by atoms with Gasteiger partial charge in [-0.15, -0.1) is 0 Å². The predicted octanol–water partition coefficient (Wildman–Crippen LogP) is 4.96. The van der Waals surface area contributed by atoms with Crippen LogP contribution in [-0.4, -0.2) is 19.4 Å². The van der Waals surface area contributed by atoms with Crippen LogP contribution in [-0.2, 0) is 4.43 Å². The summed E-state index contributed by atoms with van der Waals surface area (Å²) in [6.07, 6.45) is 7.46. The van der Waals surface area contributed by atoms with E-state index in [4.69, 9.17) is 10.2 Å². The highest BCUT2D eigenvalue weighted by Gasteiger charge is 2.41. The van der Waals surface area contributed by atoms with E-state index < -0.39 is 8.32 Å². The quantitative estimate of drug-likeness (QED) is 0.801. The highest BCUT2D eigenvalue weighted by molar-refractivity contribution is 6.74. The maximum atomic E-state index is 6.69. The molecule has 3 atom stereocenters. The minimum atomic E-state index is -1.71. The van der Waals surface area contributed by atoms with Crippen LogP contribution in [0.2, 0.25) is 18.1 Å². The third-order valence-corrected chi connectivity index (χ3v) is 10.0. The molecule has 1 saturated carbocycles. The number of nitrogens with zero attached hydrogens (tertiary/aromatic N) is 1. The fourth-order valence-corrected chi connectivity index (χ4v) is 4.65. The van der Waals surface area contributed by atoms with Crippen molar-refractivity contribution in [2.24, 2.45) is 5.92 Å². The molecule has 0 aromatic carbocycles. The van der Waals surface area contributed by atoms with Gasteiger partial charge in [-0.25, -0.2) is 0 Å². The number of nitrogen functional groups attached to an aromatic ring is 1. The topological polar surface area (TPSA) is 48.1 Å². The first-order valence-corrected chi connectivity index (χ1v) is 11.4. The monoisotopic (exact) mass is 320 g/mol. The van der Waals surface area contributed by atoms with E-state index in [0.717, 1.165) is 12.1 Å². The lowest BCUT2D eigenvalue weighted by Crippen LogP contribution is -2.45. The van der Waals surface area contributed by atoms with Gasteiger partial charge in [-0.3, -0.25) is 4.98 Å². The van der Waals surface area contributed by atoms with Gasteiger partial charge in [-0.2, -0.15) is 0 Å². The van der Waals surface area contributed by atoms with Gasteiger partial charge < -0.3 is 10.2 Å². The summed E-state index contributed by atoms with van der Waals surface area (Å²) in [5, 5.41) is 0.263. The molecule has 0 aliphatic heterocycles. The van der Waals surface area contributed by atoms with Crippen LogP contribution in [0.3, 0.4) is 0 Å². The minimum Gasteiger partial charge on any atom is -0.414 e. The molecule has 0 radical (unpaired) electrons. The van der Waals surface area contributed by atoms with Gasteiger partial charge >= 0.3 is 0 Å². The molecular formula is C18H32N2OSi. The number of pyridine rings is 1. The Morgan fingerprint density at radius 3 is 2.50 bits per heavy atom. The Labute approximate surface area is 136 Å². The normalized spacial score (nSPS) is 26.9. The summed E-state index contributed by atoms with van der Waals surface area (Å²) >= 11 is 0. The number of hydrogen-bond acceptors (Lipinski definition) is 3. The molecule has 1 heterocycles. The van der Waals surface area contributed by atoms with Crippen LogP contribution < -0.4 is 5.73 Å². The molecule has 22 heavy (non-hydrogen) atoms. The van der Waals surface area contributed by atoms with Gasteiger partial charge in [0.2, 0.25) is 0 Å². The van der Waals surface area contributed by atoms with Crippen molar-refractivity contribution in [2.45, 2.75) is 77.1 Å². The van der Waals surface area contributed by atoms with E-state index in [0.29, 0.717) is 17.9 Å². The van der Waals surface area contributed by atoms with Crippen molar-refractivity contribution < 1.29 is 4.43 Å². The maximum absolute atomic E-state index is 6.69. The number of hydrogen-bond donors (Lipinski definition) is 1. The molecule has 1 aliphatic carbocycles. The van der Waals surface area contributed by atoms with Crippen LogP contribution >= 0.6 is 0 Å². The van der Waals surface area contributed by atoms with E-state index in [9.17, 15) is 0 Å². The molecule has 1 aliphatic rings. The Bertz CT molecular complexity index is 510. The number of rotatable bonds is 3. The second kappa shape index (κ2) is 6.32.